The van der Waals surface area contributed by atoms with Gasteiger partial charge in [0, 0.05) is 18.3 Å². The standard InChI is InChI=1S/C15H21NO4S/c1-10(11-6-7-13-14(8-11)20-9-19-13)16-12-4-3-5-15(12)21(2,17)18/h6-8,10,12,15-16H,3-5,9H2,1-2H3. The first-order valence-corrected chi connectivity index (χ1v) is 9.25. The first-order chi connectivity index (χ1) is 9.95. The van der Waals surface area contributed by atoms with E-state index in [0.29, 0.717) is 0 Å². The van der Waals surface area contributed by atoms with Crippen molar-refractivity contribution in [3.63, 3.8) is 0 Å². The summed E-state index contributed by atoms with van der Waals surface area (Å²) in [6, 6.07) is 5.96. The van der Waals surface area contributed by atoms with E-state index in [0.717, 1.165) is 36.3 Å². The first kappa shape index (κ1) is 14.7. The van der Waals surface area contributed by atoms with Crippen LogP contribution in [0.4, 0.5) is 0 Å². The maximum Gasteiger partial charge on any atom is 0.231 e. The third kappa shape index (κ3) is 3.01. The quantitative estimate of drug-likeness (QED) is 0.922. The zero-order chi connectivity index (χ0) is 15.0. The summed E-state index contributed by atoms with van der Waals surface area (Å²) < 4.78 is 34.4. The van der Waals surface area contributed by atoms with Gasteiger partial charge in [0.05, 0.1) is 5.25 Å². The lowest BCUT2D eigenvalue weighted by atomic mass is 10.1. The highest BCUT2D eigenvalue weighted by atomic mass is 32.2. The molecule has 1 N–H and O–H groups in total. The number of fused-ring (bicyclic) bond motifs is 1. The van der Waals surface area contributed by atoms with E-state index in [1.807, 2.05) is 18.2 Å². The van der Waals surface area contributed by atoms with Gasteiger partial charge in [-0.05, 0) is 37.5 Å². The number of hydrogen-bond donors (Lipinski definition) is 1. The highest BCUT2D eigenvalue weighted by Gasteiger charge is 2.35. The second kappa shape index (κ2) is 5.50. The molecule has 0 amide bonds. The van der Waals surface area contributed by atoms with Gasteiger partial charge in [-0.2, -0.15) is 0 Å². The Labute approximate surface area is 125 Å². The fourth-order valence-electron chi connectivity index (χ4n) is 3.23. The molecule has 1 aliphatic carbocycles. The minimum absolute atomic E-state index is 0.0282. The Bertz CT molecular complexity index is 629. The van der Waals surface area contributed by atoms with Crippen molar-refractivity contribution >= 4 is 9.84 Å². The van der Waals surface area contributed by atoms with Crippen molar-refractivity contribution < 1.29 is 17.9 Å². The Kier molecular flexibility index (Phi) is 3.84. The van der Waals surface area contributed by atoms with Crippen LogP contribution >= 0.6 is 0 Å². The molecule has 0 saturated heterocycles. The molecule has 1 fully saturated rings. The largest absolute Gasteiger partial charge is 0.454 e. The Morgan fingerprint density at radius 3 is 2.76 bits per heavy atom. The molecule has 0 spiro atoms. The predicted molar refractivity (Wildman–Crippen MR) is 80.4 cm³/mol. The Hall–Kier alpha value is -1.27. The van der Waals surface area contributed by atoms with Crippen molar-refractivity contribution in [2.24, 2.45) is 0 Å². The van der Waals surface area contributed by atoms with E-state index >= 15 is 0 Å². The van der Waals surface area contributed by atoms with Gasteiger partial charge < -0.3 is 14.8 Å². The van der Waals surface area contributed by atoms with Gasteiger partial charge in [-0.15, -0.1) is 0 Å². The van der Waals surface area contributed by atoms with Crippen molar-refractivity contribution in [1.82, 2.24) is 5.32 Å². The highest BCUT2D eigenvalue weighted by Crippen LogP contribution is 2.35. The van der Waals surface area contributed by atoms with Crippen molar-refractivity contribution in [3.05, 3.63) is 23.8 Å². The van der Waals surface area contributed by atoms with Gasteiger partial charge in [0.25, 0.3) is 0 Å². The molecule has 0 radical (unpaired) electrons. The van der Waals surface area contributed by atoms with E-state index in [1.165, 1.54) is 6.26 Å². The molecule has 1 heterocycles. The molecule has 5 nitrogen and oxygen atoms in total. The summed E-state index contributed by atoms with van der Waals surface area (Å²) in [6.45, 7) is 2.31. The summed E-state index contributed by atoms with van der Waals surface area (Å²) in [5.41, 5.74) is 1.08. The summed E-state index contributed by atoms with van der Waals surface area (Å²) in [4.78, 5) is 0. The van der Waals surface area contributed by atoms with Crippen LogP contribution in [0.1, 0.15) is 37.8 Å². The van der Waals surface area contributed by atoms with Crippen LogP contribution in [0, 0.1) is 0 Å². The molecule has 1 aromatic carbocycles. The summed E-state index contributed by atoms with van der Waals surface area (Å²) in [7, 11) is -3.00. The molecule has 1 aromatic rings. The topological polar surface area (TPSA) is 64.6 Å². The number of benzene rings is 1. The number of nitrogens with one attached hydrogen (secondary N) is 1. The molecule has 2 aliphatic rings. The summed E-state index contributed by atoms with van der Waals surface area (Å²) in [5, 5.41) is 3.20. The summed E-state index contributed by atoms with van der Waals surface area (Å²) in [5.74, 6) is 1.52. The summed E-state index contributed by atoms with van der Waals surface area (Å²) >= 11 is 0. The second-order valence-corrected chi connectivity index (χ2v) is 8.17. The molecule has 6 heteroatoms. The van der Waals surface area contributed by atoms with Gasteiger partial charge in [0.2, 0.25) is 6.79 Å². The molecule has 21 heavy (non-hydrogen) atoms. The van der Waals surface area contributed by atoms with Gasteiger partial charge in [-0.25, -0.2) is 8.42 Å². The van der Waals surface area contributed by atoms with Crippen molar-refractivity contribution in [2.75, 3.05) is 13.0 Å². The van der Waals surface area contributed by atoms with Gasteiger partial charge in [0.15, 0.2) is 21.3 Å². The lowest BCUT2D eigenvalue weighted by Gasteiger charge is -2.24. The number of sulfone groups is 1. The van der Waals surface area contributed by atoms with E-state index in [-0.39, 0.29) is 24.1 Å². The summed E-state index contributed by atoms with van der Waals surface area (Å²) in [6.07, 6.45) is 3.96. The van der Waals surface area contributed by atoms with E-state index in [2.05, 4.69) is 12.2 Å². The van der Waals surface area contributed by atoms with Crippen LogP contribution in [0.2, 0.25) is 0 Å². The Balaban J connectivity index is 1.73. The van der Waals surface area contributed by atoms with Crippen LogP contribution in [-0.4, -0.2) is 32.8 Å². The zero-order valence-electron chi connectivity index (χ0n) is 12.3. The van der Waals surface area contributed by atoms with E-state index in [1.54, 1.807) is 0 Å². The SMILES string of the molecule is CC(NC1CCCC1S(C)(=O)=O)c1ccc2c(c1)OCO2. The Morgan fingerprint density at radius 2 is 2.00 bits per heavy atom. The van der Waals surface area contributed by atoms with Crippen LogP contribution in [-0.2, 0) is 9.84 Å². The molecule has 3 unspecified atom stereocenters. The molecule has 1 aliphatic heterocycles. The van der Waals surface area contributed by atoms with Crippen LogP contribution in [0.15, 0.2) is 18.2 Å². The van der Waals surface area contributed by atoms with E-state index in [4.69, 9.17) is 9.47 Å². The molecule has 3 atom stereocenters. The molecule has 116 valence electrons. The number of ether oxygens (including phenoxy) is 2. The molecular weight excluding hydrogens is 290 g/mol. The van der Waals surface area contributed by atoms with Crippen LogP contribution in [0.3, 0.4) is 0 Å². The number of rotatable bonds is 4. The predicted octanol–water partition coefficient (Wildman–Crippen LogP) is 2.03. The maximum absolute atomic E-state index is 11.8. The fraction of sp³-hybridized carbons (Fsp3) is 0.600. The normalized spacial score (nSPS) is 26.0. The van der Waals surface area contributed by atoms with Crippen LogP contribution in [0.25, 0.3) is 0 Å². The third-order valence-corrected chi connectivity index (χ3v) is 6.03. The fourth-order valence-corrected chi connectivity index (χ4v) is 4.64. The van der Waals surface area contributed by atoms with Gasteiger partial charge in [0.1, 0.15) is 0 Å². The minimum Gasteiger partial charge on any atom is -0.454 e. The molecule has 1 saturated carbocycles. The molecule has 0 aromatic heterocycles. The van der Waals surface area contributed by atoms with Gasteiger partial charge >= 0.3 is 0 Å². The second-order valence-electron chi connectivity index (χ2n) is 5.91. The van der Waals surface area contributed by atoms with E-state index < -0.39 is 9.84 Å². The third-order valence-electron chi connectivity index (χ3n) is 4.36. The number of hydrogen-bond acceptors (Lipinski definition) is 5. The first-order valence-electron chi connectivity index (χ1n) is 7.29. The average molecular weight is 311 g/mol. The van der Waals surface area contributed by atoms with Crippen LogP contribution in [0.5, 0.6) is 11.5 Å². The lowest BCUT2D eigenvalue weighted by molar-refractivity contribution is 0.174. The monoisotopic (exact) mass is 311 g/mol. The molecular formula is C15H21NO4S. The maximum atomic E-state index is 11.8. The van der Waals surface area contributed by atoms with Crippen molar-refractivity contribution in [1.29, 1.82) is 0 Å². The lowest BCUT2D eigenvalue weighted by Crippen LogP contribution is -2.41. The van der Waals surface area contributed by atoms with Crippen molar-refractivity contribution in [2.45, 2.75) is 43.5 Å². The van der Waals surface area contributed by atoms with Gasteiger partial charge in [-0.1, -0.05) is 12.5 Å². The molecule has 3 rings (SSSR count). The van der Waals surface area contributed by atoms with Gasteiger partial charge in [-0.3, -0.25) is 0 Å². The van der Waals surface area contributed by atoms with Crippen LogP contribution < -0.4 is 14.8 Å². The Morgan fingerprint density at radius 1 is 1.24 bits per heavy atom. The zero-order valence-corrected chi connectivity index (χ0v) is 13.2. The van der Waals surface area contributed by atoms with E-state index in [9.17, 15) is 8.42 Å². The molecule has 0 bridgehead atoms. The average Bonchev–Trinajstić information content (AvgIpc) is 3.04. The highest BCUT2D eigenvalue weighted by molar-refractivity contribution is 7.91. The van der Waals surface area contributed by atoms with Crippen molar-refractivity contribution in [3.8, 4) is 11.5 Å². The minimum atomic E-state index is -3.00. The smallest absolute Gasteiger partial charge is 0.231 e.